The third-order valence-electron chi connectivity index (χ3n) is 7.52. The number of rotatable bonds is 9. The van der Waals surface area contributed by atoms with Crippen LogP contribution in [0.4, 0.5) is 0 Å². The number of carbonyl (C=O) groups is 1. The Morgan fingerprint density at radius 2 is 1.11 bits per heavy atom. The number of benzene rings is 4. The second kappa shape index (κ2) is 13.0. The summed E-state index contributed by atoms with van der Waals surface area (Å²) in [6.45, 7) is 0. The van der Waals surface area contributed by atoms with Crippen molar-refractivity contribution in [2.24, 2.45) is 10.9 Å². The summed E-state index contributed by atoms with van der Waals surface area (Å²) in [5.74, 6) is 0.501. The van der Waals surface area contributed by atoms with Gasteiger partial charge in [0, 0.05) is 11.1 Å². The van der Waals surface area contributed by atoms with Crippen LogP contribution in [-0.2, 0) is 4.79 Å². The molecule has 3 heteroatoms. The molecule has 3 nitrogen and oxygen atoms in total. The summed E-state index contributed by atoms with van der Waals surface area (Å²) in [7, 11) is 0. The van der Waals surface area contributed by atoms with E-state index in [1.165, 1.54) is 32.1 Å². The minimum absolute atomic E-state index is 0.0161. The highest BCUT2D eigenvalue weighted by Crippen LogP contribution is 2.30. The van der Waals surface area contributed by atoms with Crippen LogP contribution in [0.15, 0.2) is 126 Å². The summed E-state index contributed by atoms with van der Waals surface area (Å²) in [5, 5.41) is 3.40. The first-order valence-electron chi connectivity index (χ1n) is 13.9. The van der Waals surface area contributed by atoms with Gasteiger partial charge in [-0.15, -0.1) is 0 Å². The highest BCUT2D eigenvalue weighted by molar-refractivity contribution is 6.13. The molecule has 5 rings (SSSR count). The van der Waals surface area contributed by atoms with Gasteiger partial charge >= 0.3 is 0 Å². The zero-order valence-corrected chi connectivity index (χ0v) is 21.9. The Morgan fingerprint density at radius 1 is 0.658 bits per heavy atom. The van der Waals surface area contributed by atoms with Gasteiger partial charge in [0.2, 0.25) is 5.91 Å². The van der Waals surface area contributed by atoms with Crippen molar-refractivity contribution in [2.45, 2.75) is 50.6 Å². The molecule has 4 aromatic rings. The van der Waals surface area contributed by atoms with Crippen LogP contribution >= 0.6 is 0 Å². The van der Waals surface area contributed by atoms with E-state index >= 15 is 0 Å². The zero-order valence-electron chi connectivity index (χ0n) is 21.9. The Labute approximate surface area is 226 Å². The van der Waals surface area contributed by atoms with E-state index in [1.807, 2.05) is 72.8 Å². The highest BCUT2D eigenvalue weighted by atomic mass is 16.2. The standard InChI is InChI=1S/C35H36N2O/c38-35(37-34(30-22-12-4-13-23-30)31-24-14-5-15-25-31)32(26-27-16-6-1-7-17-27)36-33(28-18-8-2-9-19-28)29-20-10-3-11-21-29/h2-5,8-15,18-25,27,32,34H,1,6-7,16-17,26H2,(H,37,38)/t32-/m1/s1. The molecular formula is C35H36N2O. The topological polar surface area (TPSA) is 41.5 Å². The molecule has 1 amide bonds. The van der Waals surface area contributed by atoms with Crippen LogP contribution in [0, 0.1) is 5.92 Å². The Hall–Kier alpha value is -3.98. The lowest BCUT2D eigenvalue weighted by Gasteiger charge is -2.27. The number of aliphatic imine (C=N–C) groups is 1. The van der Waals surface area contributed by atoms with Crippen LogP contribution in [-0.4, -0.2) is 17.7 Å². The molecule has 1 saturated carbocycles. The van der Waals surface area contributed by atoms with E-state index in [4.69, 9.17) is 4.99 Å². The van der Waals surface area contributed by atoms with Crippen molar-refractivity contribution in [1.82, 2.24) is 5.32 Å². The Kier molecular flexibility index (Phi) is 8.78. The second-order valence-electron chi connectivity index (χ2n) is 10.2. The average molecular weight is 501 g/mol. The van der Waals surface area contributed by atoms with Crippen molar-refractivity contribution in [3.63, 3.8) is 0 Å². The molecule has 0 bridgehead atoms. The fourth-order valence-corrected chi connectivity index (χ4v) is 5.51. The first-order valence-corrected chi connectivity index (χ1v) is 13.9. The van der Waals surface area contributed by atoms with Gasteiger partial charge in [-0.25, -0.2) is 0 Å². The van der Waals surface area contributed by atoms with E-state index in [9.17, 15) is 4.79 Å². The van der Waals surface area contributed by atoms with Gasteiger partial charge < -0.3 is 5.32 Å². The second-order valence-corrected chi connectivity index (χ2v) is 10.2. The number of hydrogen-bond acceptors (Lipinski definition) is 2. The molecule has 1 atom stereocenters. The monoisotopic (exact) mass is 500 g/mol. The molecule has 1 aliphatic carbocycles. The Bertz CT molecular complexity index is 1220. The van der Waals surface area contributed by atoms with Gasteiger partial charge in [0.15, 0.2) is 0 Å². The fraction of sp³-hybridized carbons (Fsp3) is 0.257. The predicted molar refractivity (Wildman–Crippen MR) is 156 cm³/mol. The van der Waals surface area contributed by atoms with Crippen molar-refractivity contribution in [2.75, 3.05) is 0 Å². The minimum atomic E-state index is -0.469. The smallest absolute Gasteiger partial charge is 0.245 e. The van der Waals surface area contributed by atoms with Crippen molar-refractivity contribution < 1.29 is 4.79 Å². The molecule has 0 radical (unpaired) electrons. The molecule has 0 heterocycles. The van der Waals surface area contributed by atoms with Gasteiger partial charge in [0.25, 0.3) is 0 Å². The predicted octanol–water partition coefficient (Wildman–Crippen LogP) is 7.77. The first kappa shape index (κ1) is 25.7. The molecule has 1 N–H and O–H groups in total. The lowest BCUT2D eigenvalue weighted by atomic mass is 9.84. The summed E-state index contributed by atoms with van der Waals surface area (Å²) >= 11 is 0. The summed E-state index contributed by atoms with van der Waals surface area (Å²) in [5.41, 5.74) is 5.07. The summed E-state index contributed by atoms with van der Waals surface area (Å²) < 4.78 is 0. The molecule has 4 aromatic carbocycles. The quantitative estimate of drug-likeness (QED) is 0.234. The maximum absolute atomic E-state index is 14.2. The minimum Gasteiger partial charge on any atom is -0.343 e. The largest absolute Gasteiger partial charge is 0.343 e. The molecule has 1 aliphatic rings. The molecule has 0 spiro atoms. The highest BCUT2D eigenvalue weighted by Gasteiger charge is 2.27. The Morgan fingerprint density at radius 3 is 1.58 bits per heavy atom. The average Bonchev–Trinajstić information content (AvgIpc) is 3.00. The van der Waals surface area contributed by atoms with E-state index in [0.29, 0.717) is 5.92 Å². The fourth-order valence-electron chi connectivity index (χ4n) is 5.51. The van der Waals surface area contributed by atoms with E-state index in [-0.39, 0.29) is 11.9 Å². The van der Waals surface area contributed by atoms with Gasteiger partial charge in [-0.05, 0) is 23.5 Å². The molecule has 192 valence electrons. The molecule has 38 heavy (non-hydrogen) atoms. The maximum Gasteiger partial charge on any atom is 0.245 e. The van der Waals surface area contributed by atoms with Crippen LogP contribution < -0.4 is 5.32 Å². The first-order chi connectivity index (χ1) is 18.8. The van der Waals surface area contributed by atoms with Crippen LogP contribution in [0.3, 0.4) is 0 Å². The van der Waals surface area contributed by atoms with Crippen LogP contribution in [0.25, 0.3) is 0 Å². The summed E-state index contributed by atoms with van der Waals surface area (Å²) in [6.07, 6.45) is 6.89. The van der Waals surface area contributed by atoms with Gasteiger partial charge in [-0.3, -0.25) is 9.79 Å². The molecule has 0 saturated heterocycles. The van der Waals surface area contributed by atoms with Crippen LogP contribution in [0.2, 0.25) is 0 Å². The summed E-state index contributed by atoms with van der Waals surface area (Å²) in [4.78, 5) is 19.4. The lowest BCUT2D eigenvalue weighted by molar-refractivity contribution is -0.123. The van der Waals surface area contributed by atoms with Crippen molar-refractivity contribution >= 4 is 11.6 Å². The number of nitrogens with zero attached hydrogens (tertiary/aromatic N) is 1. The lowest BCUT2D eigenvalue weighted by Crippen LogP contribution is -2.38. The van der Waals surface area contributed by atoms with Gasteiger partial charge in [-0.1, -0.05) is 153 Å². The molecule has 0 unspecified atom stereocenters. The maximum atomic E-state index is 14.2. The van der Waals surface area contributed by atoms with E-state index in [2.05, 4.69) is 53.8 Å². The molecule has 0 aromatic heterocycles. The third-order valence-corrected chi connectivity index (χ3v) is 7.52. The zero-order chi connectivity index (χ0) is 26.0. The molecule has 1 fully saturated rings. The normalized spacial score (nSPS) is 14.6. The third kappa shape index (κ3) is 6.66. The Balaban J connectivity index is 1.52. The van der Waals surface area contributed by atoms with E-state index in [0.717, 1.165) is 34.4 Å². The number of carbonyl (C=O) groups excluding carboxylic acids is 1. The number of amides is 1. The van der Waals surface area contributed by atoms with Crippen LogP contribution in [0.1, 0.15) is 66.8 Å². The van der Waals surface area contributed by atoms with E-state index < -0.39 is 6.04 Å². The van der Waals surface area contributed by atoms with Crippen molar-refractivity contribution in [3.05, 3.63) is 144 Å². The van der Waals surface area contributed by atoms with Gasteiger partial charge in [-0.2, -0.15) is 0 Å². The number of hydrogen-bond donors (Lipinski definition) is 1. The van der Waals surface area contributed by atoms with Gasteiger partial charge in [0.1, 0.15) is 6.04 Å². The van der Waals surface area contributed by atoms with Crippen molar-refractivity contribution in [1.29, 1.82) is 0 Å². The molecule has 0 aliphatic heterocycles. The number of nitrogens with one attached hydrogen (secondary N) is 1. The van der Waals surface area contributed by atoms with E-state index in [1.54, 1.807) is 0 Å². The van der Waals surface area contributed by atoms with Crippen LogP contribution in [0.5, 0.6) is 0 Å². The summed E-state index contributed by atoms with van der Waals surface area (Å²) in [6, 6.07) is 40.2. The SMILES string of the molecule is O=C(NC(c1ccccc1)c1ccccc1)[C@@H](CC1CCCCC1)N=C(c1ccccc1)c1ccccc1. The van der Waals surface area contributed by atoms with Gasteiger partial charge in [0.05, 0.1) is 11.8 Å². The van der Waals surface area contributed by atoms with Crippen molar-refractivity contribution in [3.8, 4) is 0 Å². The molecular weight excluding hydrogens is 464 g/mol.